The van der Waals surface area contributed by atoms with Crippen LogP contribution in [0.5, 0.6) is 0 Å². The van der Waals surface area contributed by atoms with Crippen molar-refractivity contribution in [1.82, 2.24) is 10.2 Å². The molecule has 0 aromatic heterocycles. The highest BCUT2D eigenvalue weighted by molar-refractivity contribution is 5.85. The Bertz CT molecular complexity index is 641. The molecule has 25 heavy (non-hydrogen) atoms. The van der Waals surface area contributed by atoms with Crippen molar-refractivity contribution in [2.24, 2.45) is 5.73 Å². The number of nitrogens with zero attached hydrogens (tertiary/aromatic N) is 1. The maximum absolute atomic E-state index is 12.4. The van der Waals surface area contributed by atoms with Crippen molar-refractivity contribution in [2.75, 3.05) is 6.54 Å². The van der Waals surface area contributed by atoms with Crippen LogP contribution in [0.4, 0.5) is 0 Å². The fraction of sp³-hybridized carbons (Fsp3) is 0.474. The highest BCUT2D eigenvalue weighted by Crippen LogP contribution is 2.32. The Balaban J connectivity index is 0.00000312. The fourth-order valence-electron chi connectivity index (χ4n) is 2.94. The largest absolute Gasteiger partial charge is 0.354 e. The monoisotopic (exact) mass is 365 g/mol. The summed E-state index contributed by atoms with van der Waals surface area (Å²) in [7, 11) is 0. The number of fused-ring (bicyclic) bond motifs is 1. The lowest BCUT2D eigenvalue weighted by Gasteiger charge is -2.33. The molecule has 3 N–H and O–H groups in total. The zero-order valence-electron chi connectivity index (χ0n) is 15.1. The maximum Gasteiger partial charge on any atom is 0.223 e. The van der Waals surface area contributed by atoms with Crippen LogP contribution in [-0.2, 0) is 9.59 Å². The molecule has 2 rings (SSSR count). The number of hydrogen-bond donors (Lipinski definition) is 2. The van der Waals surface area contributed by atoms with E-state index >= 15 is 0 Å². The molecule has 0 saturated carbocycles. The number of carbonyl (C=O) groups excluding carboxylic acids is 2. The maximum atomic E-state index is 12.4. The fourth-order valence-corrected chi connectivity index (χ4v) is 2.94. The quantitative estimate of drug-likeness (QED) is 0.813. The molecule has 1 aliphatic rings. The van der Waals surface area contributed by atoms with Crippen LogP contribution in [0.25, 0.3) is 6.08 Å². The highest BCUT2D eigenvalue weighted by atomic mass is 35.5. The predicted octanol–water partition coefficient (Wildman–Crippen LogP) is 3.01. The minimum absolute atomic E-state index is 0. The van der Waals surface area contributed by atoms with E-state index < -0.39 is 0 Å². The summed E-state index contributed by atoms with van der Waals surface area (Å²) in [6.07, 6.45) is 5.50. The Morgan fingerprint density at radius 1 is 1.24 bits per heavy atom. The third-order valence-corrected chi connectivity index (χ3v) is 4.89. The number of rotatable bonds is 6. The van der Waals surface area contributed by atoms with Gasteiger partial charge in [0.05, 0.1) is 12.5 Å². The number of amides is 2. The number of halogens is 1. The van der Waals surface area contributed by atoms with Crippen LogP contribution in [0, 0.1) is 0 Å². The van der Waals surface area contributed by atoms with E-state index in [4.69, 9.17) is 5.73 Å². The molecule has 1 atom stereocenters. The zero-order valence-corrected chi connectivity index (χ0v) is 15.9. The van der Waals surface area contributed by atoms with E-state index in [1.807, 2.05) is 44.2 Å². The van der Waals surface area contributed by atoms with Gasteiger partial charge in [-0.1, -0.05) is 38.1 Å². The van der Waals surface area contributed by atoms with Crippen LogP contribution in [0.15, 0.2) is 30.5 Å². The van der Waals surface area contributed by atoms with E-state index in [0.717, 1.165) is 24.0 Å². The van der Waals surface area contributed by atoms with Crippen molar-refractivity contribution in [2.45, 2.75) is 51.6 Å². The van der Waals surface area contributed by atoms with Crippen molar-refractivity contribution < 1.29 is 9.59 Å². The Hall–Kier alpha value is -1.85. The van der Waals surface area contributed by atoms with E-state index in [9.17, 15) is 9.59 Å². The standard InChI is InChI=1S/C19H27N3O2.ClH/c1-4-19(20,5-2)13-21-18(24)12-17-16-9-7-6-8-15(16)10-11-22(17)14(3)23;/h6-11,17H,4-5,12-13,20H2,1-3H3,(H,21,24);1H. The van der Waals surface area contributed by atoms with Gasteiger partial charge in [-0.3, -0.25) is 9.59 Å². The molecule has 1 aliphatic heterocycles. The van der Waals surface area contributed by atoms with E-state index in [1.165, 1.54) is 6.92 Å². The van der Waals surface area contributed by atoms with Crippen molar-refractivity contribution in [3.8, 4) is 0 Å². The topological polar surface area (TPSA) is 75.4 Å². The first-order valence-corrected chi connectivity index (χ1v) is 8.52. The summed E-state index contributed by atoms with van der Waals surface area (Å²) >= 11 is 0. The van der Waals surface area contributed by atoms with Gasteiger partial charge in [-0.25, -0.2) is 0 Å². The Morgan fingerprint density at radius 2 is 1.88 bits per heavy atom. The summed E-state index contributed by atoms with van der Waals surface area (Å²) in [5.41, 5.74) is 7.91. The number of nitrogens with two attached hydrogens (primary N) is 1. The molecule has 0 bridgehead atoms. The summed E-state index contributed by atoms with van der Waals surface area (Å²) in [5.74, 6) is -0.165. The Kier molecular flexibility index (Phi) is 7.64. The molecule has 1 heterocycles. The molecule has 0 spiro atoms. The molecule has 2 amide bonds. The molecule has 1 aromatic carbocycles. The summed E-state index contributed by atoms with van der Waals surface area (Å²) in [5, 5.41) is 2.94. The van der Waals surface area contributed by atoms with E-state index in [2.05, 4.69) is 5.32 Å². The smallest absolute Gasteiger partial charge is 0.223 e. The number of benzene rings is 1. The first kappa shape index (κ1) is 21.2. The van der Waals surface area contributed by atoms with Crippen molar-refractivity contribution >= 4 is 30.3 Å². The predicted molar refractivity (Wildman–Crippen MR) is 103 cm³/mol. The van der Waals surface area contributed by atoms with Crippen molar-refractivity contribution in [3.63, 3.8) is 0 Å². The van der Waals surface area contributed by atoms with Crippen LogP contribution in [0.3, 0.4) is 0 Å². The number of nitrogens with one attached hydrogen (secondary N) is 1. The molecule has 6 heteroatoms. The van der Waals surface area contributed by atoms with Gasteiger partial charge in [0.1, 0.15) is 0 Å². The minimum Gasteiger partial charge on any atom is -0.354 e. The lowest BCUT2D eigenvalue weighted by Crippen LogP contribution is -2.49. The Labute approximate surface area is 156 Å². The molecular weight excluding hydrogens is 338 g/mol. The van der Waals surface area contributed by atoms with Crippen LogP contribution < -0.4 is 11.1 Å². The van der Waals surface area contributed by atoms with E-state index in [1.54, 1.807) is 11.1 Å². The third-order valence-electron chi connectivity index (χ3n) is 4.89. The molecule has 1 aromatic rings. The molecule has 0 radical (unpaired) electrons. The van der Waals surface area contributed by atoms with Crippen LogP contribution in [0.1, 0.15) is 57.2 Å². The lowest BCUT2D eigenvalue weighted by molar-refractivity contribution is -0.130. The summed E-state index contributed by atoms with van der Waals surface area (Å²) < 4.78 is 0. The second-order valence-electron chi connectivity index (χ2n) is 6.44. The summed E-state index contributed by atoms with van der Waals surface area (Å²) in [4.78, 5) is 26.0. The minimum atomic E-state index is -0.375. The van der Waals surface area contributed by atoms with Crippen LogP contribution in [-0.4, -0.2) is 28.8 Å². The molecule has 0 saturated heterocycles. The third kappa shape index (κ3) is 5.06. The van der Waals surface area contributed by atoms with Gasteiger partial charge in [0, 0.05) is 25.2 Å². The second-order valence-corrected chi connectivity index (χ2v) is 6.44. The van der Waals surface area contributed by atoms with Gasteiger partial charge in [0.25, 0.3) is 0 Å². The molecule has 0 fully saturated rings. The average molecular weight is 366 g/mol. The number of carbonyl (C=O) groups is 2. The highest BCUT2D eigenvalue weighted by Gasteiger charge is 2.29. The normalized spacial score (nSPS) is 16.0. The molecular formula is C19H28ClN3O2. The van der Waals surface area contributed by atoms with Gasteiger partial charge in [0.2, 0.25) is 11.8 Å². The number of hydrogen-bond acceptors (Lipinski definition) is 3. The van der Waals surface area contributed by atoms with Crippen LogP contribution >= 0.6 is 12.4 Å². The van der Waals surface area contributed by atoms with Gasteiger partial charge >= 0.3 is 0 Å². The van der Waals surface area contributed by atoms with Crippen molar-refractivity contribution in [1.29, 1.82) is 0 Å². The molecule has 0 aliphatic carbocycles. The Morgan fingerprint density at radius 3 is 2.48 bits per heavy atom. The SMILES string of the molecule is CCC(N)(CC)CNC(=O)CC1c2ccccc2C=CN1C(C)=O.Cl. The van der Waals surface area contributed by atoms with Gasteiger partial charge in [-0.05, 0) is 30.0 Å². The van der Waals surface area contributed by atoms with E-state index in [0.29, 0.717) is 6.54 Å². The molecule has 5 nitrogen and oxygen atoms in total. The van der Waals surface area contributed by atoms with Gasteiger partial charge in [-0.15, -0.1) is 12.4 Å². The van der Waals surface area contributed by atoms with Gasteiger partial charge in [-0.2, -0.15) is 0 Å². The average Bonchev–Trinajstić information content (AvgIpc) is 2.59. The second kappa shape index (κ2) is 9.02. The summed E-state index contributed by atoms with van der Waals surface area (Å²) in [6.45, 7) is 6.01. The summed E-state index contributed by atoms with van der Waals surface area (Å²) in [6, 6.07) is 7.57. The molecule has 1 unspecified atom stereocenters. The van der Waals surface area contributed by atoms with Gasteiger partial charge < -0.3 is 16.0 Å². The van der Waals surface area contributed by atoms with E-state index in [-0.39, 0.29) is 42.2 Å². The lowest BCUT2D eigenvalue weighted by atomic mass is 9.92. The zero-order chi connectivity index (χ0) is 17.7. The first-order valence-electron chi connectivity index (χ1n) is 8.52. The van der Waals surface area contributed by atoms with Gasteiger partial charge in [0.15, 0.2) is 0 Å². The molecule has 138 valence electrons. The van der Waals surface area contributed by atoms with Crippen LogP contribution in [0.2, 0.25) is 0 Å². The first-order chi connectivity index (χ1) is 11.4. The van der Waals surface area contributed by atoms with Crippen molar-refractivity contribution in [3.05, 3.63) is 41.6 Å².